The summed E-state index contributed by atoms with van der Waals surface area (Å²) in [5.74, 6) is 2.36. The van der Waals surface area contributed by atoms with Crippen LogP contribution in [0.3, 0.4) is 0 Å². The van der Waals surface area contributed by atoms with Crippen molar-refractivity contribution < 1.29 is 9.53 Å². The molecule has 1 amide bonds. The van der Waals surface area contributed by atoms with Crippen molar-refractivity contribution >= 4 is 11.9 Å². The molecule has 0 radical (unpaired) electrons. The third kappa shape index (κ3) is 6.62. The van der Waals surface area contributed by atoms with E-state index in [0.717, 1.165) is 49.7 Å². The number of carbonyl (C=O) groups is 1. The molecule has 0 atom stereocenters. The molecule has 0 aromatic heterocycles. The smallest absolute Gasteiger partial charge is 0.220 e. The number of nitrogens with one attached hydrogen (secondary N) is 2. The van der Waals surface area contributed by atoms with Crippen LogP contribution in [0.1, 0.15) is 31.7 Å². The number of amides is 1. The Kier molecular flexibility index (Phi) is 8.68. The van der Waals surface area contributed by atoms with Crippen molar-refractivity contribution in [3.63, 3.8) is 0 Å². The Morgan fingerprint density at radius 3 is 2.78 bits per heavy atom. The van der Waals surface area contributed by atoms with E-state index in [9.17, 15) is 4.79 Å². The zero-order valence-corrected chi connectivity index (χ0v) is 16.5. The second kappa shape index (κ2) is 11.3. The molecule has 1 saturated heterocycles. The highest BCUT2D eigenvalue weighted by Gasteiger charge is 2.23. The van der Waals surface area contributed by atoms with Gasteiger partial charge in [-0.2, -0.15) is 0 Å². The van der Waals surface area contributed by atoms with E-state index in [1.54, 1.807) is 13.1 Å². The van der Waals surface area contributed by atoms with Crippen molar-refractivity contribution in [2.45, 2.75) is 32.7 Å². The molecule has 148 valence electrons. The first kappa shape index (κ1) is 20.8. The molecule has 1 aliphatic rings. The zero-order chi connectivity index (χ0) is 19.5. The van der Waals surface area contributed by atoms with Crippen LogP contribution in [0.4, 0.5) is 0 Å². The van der Waals surface area contributed by atoms with Gasteiger partial charge in [-0.3, -0.25) is 4.79 Å². The van der Waals surface area contributed by atoms with E-state index < -0.39 is 0 Å². The molecule has 1 fully saturated rings. The number of carbonyl (C=O) groups excluding carboxylic acids is 1. The number of piperidine rings is 1. The molecule has 1 aromatic rings. The van der Waals surface area contributed by atoms with Gasteiger partial charge in [-0.1, -0.05) is 30.9 Å². The molecule has 0 saturated carbocycles. The van der Waals surface area contributed by atoms with Gasteiger partial charge in [0.2, 0.25) is 5.91 Å². The maximum atomic E-state index is 11.6. The van der Waals surface area contributed by atoms with Gasteiger partial charge >= 0.3 is 0 Å². The number of aliphatic imine (C=N–C) groups is 1. The summed E-state index contributed by atoms with van der Waals surface area (Å²) in [5.41, 5.74) is 1.06. The van der Waals surface area contributed by atoms with Crippen LogP contribution in [0.5, 0.6) is 5.75 Å². The number of hydrogen-bond donors (Lipinski definition) is 2. The lowest BCUT2D eigenvalue weighted by Gasteiger charge is -2.34. The zero-order valence-electron chi connectivity index (χ0n) is 16.5. The first-order valence-corrected chi connectivity index (χ1v) is 9.73. The van der Waals surface area contributed by atoms with E-state index in [0.29, 0.717) is 25.5 Å². The minimum atomic E-state index is 0.130. The molecular formula is C21H32N4O2. The minimum absolute atomic E-state index is 0.130. The van der Waals surface area contributed by atoms with Crippen LogP contribution in [0.15, 0.2) is 41.9 Å². The quantitative estimate of drug-likeness (QED) is 0.418. The van der Waals surface area contributed by atoms with Crippen LogP contribution in [0.25, 0.3) is 0 Å². The molecular weight excluding hydrogens is 340 g/mol. The first-order chi connectivity index (χ1) is 13.2. The number of ether oxygens (including phenoxy) is 1. The fourth-order valence-electron chi connectivity index (χ4n) is 3.22. The average molecular weight is 373 g/mol. The Balaban J connectivity index is 1.99. The van der Waals surface area contributed by atoms with Crippen LogP contribution in [0.2, 0.25) is 0 Å². The minimum Gasteiger partial charge on any atom is -0.489 e. The summed E-state index contributed by atoms with van der Waals surface area (Å²) in [6.07, 6.45) is 4.38. The summed E-state index contributed by atoms with van der Waals surface area (Å²) < 4.78 is 5.73. The number of hydrogen-bond acceptors (Lipinski definition) is 3. The van der Waals surface area contributed by atoms with E-state index in [1.165, 1.54) is 0 Å². The second-order valence-corrected chi connectivity index (χ2v) is 6.69. The van der Waals surface area contributed by atoms with Gasteiger partial charge in [0.05, 0.1) is 6.54 Å². The van der Waals surface area contributed by atoms with E-state index in [2.05, 4.69) is 29.0 Å². The van der Waals surface area contributed by atoms with Gasteiger partial charge in [0.1, 0.15) is 12.4 Å². The number of rotatable bonds is 8. The summed E-state index contributed by atoms with van der Waals surface area (Å²) in [5, 5.41) is 6.11. The fourth-order valence-corrected chi connectivity index (χ4v) is 3.22. The summed E-state index contributed by atoms with van der Waals surface area (Å²) in [6.45, 7) is 9.49. The lowest BCUT2D eigenvalue weighted by molar-refractivity contribution is -0.121. The van der Waals surface area contributed by atoms with E-state index >= 15 is 0 Å². The molecule has 27 heavy (non-hydrogen) atoms. The van der Waals surface area contributed by atoms with Crippen molar-refractivity contribution in [1.29, 1.82) is 0 Å². The SMILES string of the molecule is C=CCOc1ccccc1CN=C(NCC)N1CCC(CC(=O)NC)CC1. The molecule has 0 aliphatic carbocycles. The molecule has 2 rings (SSSR count). The maximum absolute atomic E-state index is 11.6. The largest absolute Gasteiger partial charge is 0.489 e. The van der Waals surface area contributed by atoms with Gasteiger partial charge in [0.15, 0.2) is 5.96 Å². The average Bonchev–Trinajstić information content (AvgIpc) is 2.70. The van der Waals surface area contributed by atoms with Crippen LogP contribution >= 0.6 is 0 Å². The molecule has 2 N–H and O–H groups in total. The molecule has 1 heterocycles. The maximum Gasteiger partial charge on any atom is 0.220 e. The normalized spacial score (nSPS) is 15.3. The van der Waals surface area contributed by atoms with Crippen molar-refractivity contribution in [3.05, 3.63) is 42.5 Å². The van der Waals surface area contributed by atoms with Crippen molar-refractivity contribution in [2.75, 3.05) is 33.3 Å². The third-order valence-electron chi connectivity index (χ3n) is 4.73. The molecule has 6 nitrogen and oxygen atoms in total. The predicted molar refractivity (Wildman–Crippen MR) is 110 cm³/mol. The van der Waals surface area contributed by atoms with Gasteiger partial charge in [-0.05, 0) is 31.7 Å². The fraction of sp³-hybridized carbons (Fsp3) is 0.524. The highest BCUT2D eigenvalue weighted by atomic mass is 16.5. The van der Waals surface area contributed by atoms with Gasteiger partial charge in [0, 0.05) is 38.7 Å². The highest BCUT2D eigenvalue weighted by Crippen LogP contribution is 2.22. The van der Waals surface area contributed by atoms with E-state index in [1.807, 2.05) is 24.3 Å². The summed E-state index contributed by atoms with van der Waals surface area (Å²) in [6, 6.07) is 7.98. The Morgan fingerprint density at radius 1 is 1.37 bits per heavy atom. The highest BCUT2D eigenvalue weighted by molar-refractivity contribution is 5.80. The number of likely N-dealkylation sites (tertiary alicyclic amines) is 1. The summed E-state index contributed by atoms with van der Waals surface area (Å²) >= 11 is 0. The topological polar surface area (TPSA) is 66.0 Å². The van der Waals surface area contributed by atoms with Crippen molar-refractivity contribution in [2.24, 2.45) is 10.9 Å². The summed E-state index contributed by atoms with van der Waals surface area (Å²) in [4.78, 5) is 18.7. The number of para-hydroxylation sites is 1. The van der Waals surface area contributed by atoms with Crippen molar-refractivity contribution in [3.8, 4) is 5.75 Å². The predicted octanol–water partition coefficient (Wildman–Crippen LogP) is 2.57. The molecule has 1 aliphatic heterocycles. The van der Waals surface area contributed by atoms with Crippen LogP contribution in [0, 0.1) is 5.92 Å². The summed E-state index contributed by atoms with van der Waals surface area (Å²) in [7, 11) is 1.70. The second-order valence-electron chi connectivity index (χ2n) is 6.69. The number of guanidine groups is 1. The Bertz CT molecular complexity index is 637. The van der Waals surface area contributed by atoms with Gasteiger partial charge in [-0.15, -0.1) is 0 Å². The Labute approximate surface area is 162 Å². The van der Waals surface area contributed by atoms with Gasteiger partial charge < -0.3 is 20.3 Å². The number of nitrogens with zero attached hydrogens (tertiary/aromatic N) is 2. The van der Waals surface area contributed by atoms with Crippen molar-refractivity contribution in [1.82, 2.24) is 15.5 Å². The van der Waals surface area contributed by atoms with Crippen LogP contribution < -0.4 is 15.4 Å². The lowest BCUT2D eigenvalue weighted by Crippen LogP contribution is -2.46. The molecule has 0 unspecified atom stereocenters. The molecule has 1 aromatic carbocycles. The third-order valence-corrected chi connectivity index (χ3v) is 4.73. The molecule has 0 spiro atoms. The molecule has 0 bridgehead atoms. The van der Waals surface area contributed by atoms with Crippen LogP contribution in [-0.4, -0.2) is 50.1 Å². The Hall–Kier alpha value is -2.50. The standard InChI is InChI=1S/C21H32N4O2/c1-4-14-27-19-9-7-6-8-18(19)16-24-21(23-5-2)25-12-10-17(11-13-25)15-20(26)22-3/h4,6-9,17H,1,5,10-16H2,2-3H3,(H,22,26)(H,23,24). The first-order valence-electron chi connectivity index (χ1n) is 9.73. The van der Waals surface area contributed by atoms with Gasteiger partial charge in [0.25, 0.3) is 0 Å². The van der Waals surface area contributed by atoms with E-state index in [4.69, 9.17) is 9.73 Å². The van der Waals surface area contributed by atoms with E-state index in [-0.39, 0.29) is 5.91 Å². The van der Waals surface area contributed by atoms with Crippen LogP contribution in [-0.2, 0) is 11.3 Å². The molecule has 6 heteroatoms. The Morgan fingerprint density at radius 2 is 2.11 bits per heavy atom. The van der Waals surface area contributed by atoms with Gasteiger partial charge in [-0.25, -0.2) is 4.99 Å². The monoisotopic (exact) mass is 372 g/mol. The lowest BCUT2D eigenvalue weighted by atomic mass is 9.93. The number of benzene rings is 1.